The Labute approximate surface area is 161 Å². The SMILES string of the molecule is COc1cc(/C=C2\SC(=Nc3ccc(F)cc3)NC2=O)cc(I)c1O. The van der Waals surface area contributed by atoms with E-state index >= 15 is 0 Å². The highest BCUT2D eigenvalue weighted by atomic mass is 127. The number of nitrogens with zero attached hydrogens (tertiary/aromatic N) is 1. The molecule has 0 atom stereocenters. The van der Waals surface area contributed by atoms with E-state index in [0.717, 1.165) is 5.56 Å². The summed E-state index contributed by atoms with van der Waals surface area (Å²) in [6, 6.07) is 9.07. The number of ether oxygens (including phenoxy) is 1. The summed E-state index contributed by atoms with van der Waals surface area (Å²) in [6.45, 7) is 0. The minimum Gasteiger partial charge on any atom is -0.504 e. The average Bonchev–Trinajstić information content (AvgIpc) is 2.92. The Morgan fingerprint density at radius 1 is 1.32 bits per heavy atom. The van der Waals surface area contributed by atoms with Crippen molar-refractivity contribution in [2.45, 2.75) is 0 Å². The van der Waals surface area contributed by atoms with E-state index in [1.807, 2.05) is 22.6 Å². The van der Waals surface area contributed by atoms with Crippen molar-refractivity contribution in [1.82, 2.24) is 5.32 Å². The van der Waals surface area contributed by atoms with Crippen LogP contribution in [0.4, 0.5) is 10.1 Å². The lowest BCUT2D eigenvalue weighted by Crippen LogP contribution is -2.19. The molecule has 25 heavy (non-hydrogen) atoms. The highest BCUT2D eigenvalue weighted by molar-refractivity contribution is 14.1. The monoisotopic (exact) mass is 470 g/mol. The molecule has 0 saturated carbocycles. The van der Waals surface area contributed by atoms with Gasteiger partial charge in [0.25, 0.3) is 5.91 Å². The second-order valence-electron chi connectivity index (χ2n) is 5.01. The number of amidine groups is 1. The number of hydrogen-bond acceptors (Lipinski definition) is 5. The van der Waals surface area contributed by atoms with E-state index in [0.29, 0.717) is 25.1 Å². The maximum absolute atomic E-state index is 12.9. The lowest BCUT2D eigenvalue weighted by Gasteiger charge is -2.06. The molecule has 1 saturated heterocycles. The minimum atomic E-state index is -0.344. The molecule has 0 spiro atoms. The van der Waals surface area contributed by atoms with Crippen LogP contribution >= 0.6 is 34.4 Å². The van der Waals surface area contributed by atoms with Gasteiger partial charge in [-0.05, 0) is 82.4 Å². The number of aliphatic imine (C=N–C) groups is 1. The number of carbonyl (C=O) groups is 1. The van der Waals surface area contributed by atoms with Crippen LogP contribution < -0.4 is 10.1 Å². The van der Waals surface area contributed by atoms with Crippen molar-refractivity contribution in [3.63, 3.8) is 0 Å². The maximum atomic E-state index is 12.9. The molecule has 1 heterocycles. The van der Waals surface area contributed by atoms with Gasteiger partial charge in [-0.15, -0.1) is 0 Å². The zero-order valence-electron chi connectivity index (χ0n) is 12.9. The zero-order valence-corrected chi connectivity index (χ0v) is 15.9. The lowest BCUT2D eigenvalue weighted by atomic mass is 10.2. The van der Waals surface area contributed by atoms with Crippen LogP contribution in [0, 0.1) is 9.39 Å². The third-order valence-electron chi connectivity index (χ3n) is 3.28. The predicted molar refractivity (Wildman–Crippen MR) is 105 cm³/mol. The van der Waals surface area contributed by atoms with E-state index in [-0.39, 0.29) is 17.5 Å². The summed E-state index contributed by atoms with van der Waals surface area (Å²) in [5.74, 6) is -0.217. The van der Waals surface area contributed by atoms with E-state index in [4.69, 9.17) is 4.74 Å². The molecule has 1 aliphatic rings. The quantitative estimate of drug-likeness (QED) is 0.525. The molecule has 2 N–H and O–H groups in total. The first-order valence-corrected chi connectivity index (χ1v) is 8.97. The van der Waals surface area contributed by atoms with Crippen LogP contribution in [0.25, 0.3) is 6.08 Å². The smallest absolute Gasteiger partial charge is 0.264 e. The first-order chi connectivity index (χ1) is 12.0. The van der Waals surface area contributed by atoms with Gasteiger partial charge < -0.3 is 15.2 Å². The van der Waals surface area contributed by atoms with Crippen molar-refractivity contribution in [3.8, 4) is 11.5 Å². The van der Waals surface area contributed by atoms with E-state index < -0.39 is 0 Å². The first kappa shape index (κ1) is 17.7. The van der Waals surface area contributed by atoms with Gasteiger partial charge in [-0.3, -0.25) is 4.79 Å². The zero-order chi connectivity index (χ0) is 18.0. The van der Waals surface area contributed by atoms with Gasteiger partial charge in [-0.1, -0.05) is 0 Å². The van der Waals surface area contributed by atoms with E-state index in [1.54, 1.807) is 18.2 Å². The Morgan fingerprint density at radius 2 is 2.04 bits per heavy atom. The molecular weight excluding hydrogens is 458 g/mol. The molecule has 1 amide bonds. The Hall–Kier alpha value is -2.07. The predicted octanol–water partition coefficient (Wildman–Crippen LogP) is 4.04. The Balaban J connectivity index is 1.86. The largest absolute Gasteiger partial charge is 0.504 e. The van der Waals surface area contributed by atoms with Crippen LogP contribution in [0.5, 0.6) is 11.5 Å². The van der Waals surface area contributed by atoms with Crippen LogP contribution in [-0.2, 0) is 4.79 Å². The summed E-state index contributed by atoms with van der Waals surface area (Å²) < 4.78 is 18.7. The van der Waals surface area contributed by atoms with Gasteiger partial charge in [-0.2, -0.15) is 0 Å². The molecule has 1 aliphatic heterocycles. The van der Waals surface area contributed by atoms with Gasteiger partial charge in [0.05, 0.1) is 21.3 Å². The molecule has 0 radical (unpaired) electrons. The van der Waals surface area contributed by atoms with Crippen LogP contribution in [0.15, 0.2) is 46.3 Å². The normalized spacial score (nSPS) is 17.2. The summed E-state index contributed by atoms with van der Waals surface area (Å²) in [6.07, 6.45) is 1.69. The summed E-state index contributed by atoms with van der Waals surface area (Å²) in [5, 5.41) is 13.0. The molecule has 0 bridgehead atoms. The first-order valence-electron chi connectivity index (χ1n) is 7.08. The highest BCUT2D eigenvalue weighted by Crippen LogP contribution is 2.35. The van der Waals surface area contributed by atoms with Crippen molar-refractivity contribution in [2.75, 3.05) is 7.11 Å². The fraction of sp³-hybridized carbons (Fsp3) is 0.0588. The molecule has 3 rings (SSSR count). The lowest BCUT2D eigenvalue weighted by molar-refractivity contribution is -0.115. The topological polar surface area (TPSA) is 70.9 Å². The van der Waals surface area contributed by atoms with Gasteiger partial charge in [-0.25, -0.2) is 9.38 Å². The number of carbonyl (C=O) groups excluding carboxylic acids is 1. The van der Waals surface area contributed by atoms with Gasteiger partial charge >= 0.3 is 0 Å². The number of phenols is 1. The molecule has 0 aliphatic carbocycles. The van der Waals surface area contributed by atoms with Crippen molar-refractivity contribution in [2.24, 2.45) is 4.99 Å². The Bertz CT molecular complexity index is 898. The van der Waals surface area contributed by atoms with Crippen LogP contribution in [-0.4, -0.2) is 23.3 Å². The van der Waals surface area contributed by atoms with Crippen molar-refractivity contribution < 1.29 is 19.0 Å². The van der Waals surface area contributed by atoms with Crippen molar-refractivity contribution >= 4 is 57.2 Å². The molecular formula is C17H12FIN2O3S. The number of halogens is 2. The number of nitrogens with one attached hydrogen (secondary N) is 1. The molecule has 0 unspecified atom stereocenters. The Morgan fingerprint density at radius 3 is 2.72 bits per heavy atom. The van der Waals surface area contributed by atoms with Gasteiger partial charge in [0.2, 0.25) is 0 Å². The van der Waals surface area contributed by atoms with E-state index in [2.05, 4.69) is 10.3 Å². The minimum absolute atomic E-state index is 0.0623. The fourth-order valence-electron chi connectivity index (χ4n) is 2.10. The Kier molecular flexibility index (Phi) is 5.28. The summed E-state index contributed by atoms with van der Waals surface area (Å²) in [7, 11) is 1.46. The summed E-state index contributed by atoms with van der Waals surface area (Å²) >= 11 is 3.18. The third kappa shape index (κ3) is 4.13. The summed E-state index contributed by atoms with van der Waals surface area (Å²) in [4.78, 5) is 16.9. The molecule has 2 aromatic rings. The van der Waals surface area contributed by atoms with E-state index in [1.165, 1.54) is 43.1 Å². The number of methoxy groups -OCH3 is 1. The third-order valence-corrected chi connectivity index (χ3v) is 5.01. The number of phenolic OH excluding ortho intramolecular Hbond substituents is 1. The molecule has 0 aromatic heterocycles. The molecule has 2 aromatic carbocycles. The van der Waals surface area contributed by atoms with Crippen molar-refractivity contribution in [1.29, 1.82) is 0 Å². The molecule has 8 heteroatoms. The number of hydrogen-bond donors (Lipinski definition) is 2. The number of aromatic hydroxyl groups is 1. The van der Waals surface area contributed by atoms with Crippen molar-refractivity contribution in [3.05, 3.63) is 56.3 Å². The fourth-order valence-corrected chi connectivity index (χ4v) is 3.56. The van der Waals surface area contributed by atoms with Crippen LogP contribution in [0.1, 0.15) is 5.56 Å². The maximum Gasteiger partial charge on any atom is 0.264 e. The number of amides is 1. The molecule has 128 valence electrons. The number of rotatable bonds is 3. The standard InChI is InChI=1S/C17H12FIN2O3S/c1-24-13-7-9(6-12(19)15(13)22)8-14-16(23)21-17(25-14)20-11-4-2-10(18)3-5-11/h2-8,22H,1H3,(H,20,21,23)/b14-8-. The second kappa shape index (κ2) is 7.44. The number of benzene rings is 2. The second-order valence-corrected chi connectivity index (χ2v) is 7.20. The van der Waals surface area contributed by atoms with Gasteiger partial charge in [0.1, 0.15) is 5.82 Å². The van der Waals surface area contributed by atoms with E-state index in [9.17, 15) is 14.3 Å². The molecule has 5 nitrogen and oxygen atoms in total. The average molecular weight is 470 g/mol. The highest BCUT2D eigenvalue weighted by Gasteiger charge is 2.24. The van der Waals surface area contributed by atoms with Crippen LogP contribution in [0.3, 0.4) is 0 Å². The summed E-state index contributed by atoms with van der Waals surface area (Å²) in [5.41, 5.74) is 1.27. The number of thioether (sulfide) groups is 1. The van der Waals surface area contributed by atoms with Gasteiger partial charge in [0, 0.05) is 0 Å². The van der Waals surface area contributed by atoms with Gasteiger partial charge in [0.15, 0.2) is 16.7 Å². The molecule has 1 fully saturated rings. The van der Waals surface area contributed by atoms with Crippen LogP contribution in [0.2, 0.25) is 0 Å².